The van der Waals surface area contributed by atoms with Crippen LogP contribution in [0, 0.1) is 24.4 Å². The third-order valence-electron chi connectivity index (χ3n) is 3.60. The van der Waals surface area contributed by atoms with Crippen LogP contribution >= 0.6 is 0 Å². The first-order chi connectivity index (χ1) is 12.4. The molecule has 5 nitrogen and oxygen atoms in total. The highest BCUT2D eigenvalue weighted by atomic mass is 19.1. The number of hydrogen-bond donors (Lipinski definition) is 1. The number of carbonyl (C=O) groups is 1. The van der Waals surface area contributed by atoms with Gasteiger partial charge in [0.1, 0.15) is 28.8 Å². The molecule has 0 aliphatic carbocycles. The van der Waals surface area contributed by atoms with Crippen LogP contribution in [-0.2, 0) is 0 Å². The molecule has 1 heterocycles. The number of amides is 1. The van der Waals surface area contributed by atoms with E-state index in [9.17, 15) is 22.8 Å². The number of halogens is 3. The standard InChI is InChI=1S/C18H12F3N3O2/c1-10-9-15(25)17(23-24(10)14-8-3-2-5-11(14)19)18(26)22-16-12(20)6-4-7-13(16)21/h2-9H,1H3,(H,22,26). The molecule has 3 rings (SSSR count). The second kappa shape index (κ2) is 6.83. The Morgan fingerprint density at radius 3 is 2.27 bits per heavy atom. The molecule has 0 saturated heterocycles. The molecule has 1 aromatic heterocycles. The third kappa shape index (κ3) is 3.21. The molecule has 0 unspecified atom stereocenters. The zero-order valence-corrected chi connectivity index (χ0v) is 13.5. The van der Waals surface area contributed by atoms with Crippen LogP contribution < -0.4 is 10.7 Å². The lowest BCUT2D eigenvalue weighted by Gasteiger charge is -2.12. The van der Waals surface area contributed by atoms with Gasteiger partial charge in [-0.15, -0.1) is 0 Å². The van der Waals surface area contributed by atoms with E-state index in [2.05, 4.69) is 5.10 Å². The summed E-state index contributed by atoms with van der Waals surface area (Å²) < 4.78 is 42.4. The molecule has 0 atom stereocenters. The Labute approximate surface area is 145 Å². The molecule has 8 heteroatoms. The monoisotopic (exact) mass is 359 g/mol. The van der Waals surface area contributed by atoms with Gasteiger partial charge in [-0.1, -0.05) is 18.2 Å². The van der Waals surface area contributed by atoms with Gasteiger partial charge in [0, 0.05) is 11.8 Å². The maximum absolute atomic E-state index is 14.0. The lowest BCUT2D eigenvalue weighted by Crippen LogP contribution is -2.27. The van der Waals surface area contributed by atoms with E-state index in [-0.39, 0.29) is 11.4 Å². The quantitative estimate of drug-likeness (QED) is 0.781. The first-order valence-electron chi connectivity index (χ1n) is 7.49. The zero-order chi connectivity index (χ0) is 18.8. The molecule has 0 aliphatic rings. The van der Waals surface area contributed by atoms with Crippen LogP contribution in [0.1, 0.15) is 16.2 Å². The van der Waals surface area contributed by atoms with Crippen molar-refractivity contribution in [1.29, 1.82) is 0 Å². The number of rotatable bonds is 3. The lowest BCUT2D eigenvalue weighted by molar-refractivity contribution is 0.101. The summed E-state index contributed by atoms with van der Waals surface area (Å²) in [6.07, 6.45) is 0. The van der Waals surface area contributed by atoms with Gasteiger partial charge in [0.25, 0.3) is 5.91 Å². The van der Waals surface area contributed by atoms with Crippen molar-refractivity contribution >= 4 is 11.6 Å². The second-order valence-electron chi connectivity index (χ2n) is 5.41. The Bertz CT molecular complexity index is 1040. The fourth-order valence-corrected chi connectivity index (χ4v) is 2.36. The topological polar surface area (TPSA) is 64.0 Å². The number of benzene rings is 2. The van der Waals surface area contributed by atoms with Crippen LogP contribution in [0.25, 0.3) is 5.69 Å². The molecule has 0 bridgehead atoms. The Kier molecular flexibility index (Phi) is 4.57. The van der Waals surface area contributed by atoms with Crippen LogP contribution in [0.4, 0.5) is 18.9 Å². The average Bonchev–Trinajstić information content (AvgIpc) is 2.59. The Hall–Kier alpha value is -3.42. The van der Waals surface area contributed by atoms with Gasteiger partial charge in [0.05, 0.1) is 0 Å². The van der Waals surface area contributed by atoms with Gasteiger partial charge >= 0.3 is 0 Å². The van der Waals surface area contributed by atoms with Gasteiger partial charge in [0.2, 0.25) is 5.43 Å². The van der Waals surface area contributed by atoms with E-state index in [0.717, 1.165) is 28.9 Å². The van der Waals surface area contributed by atoms with E-state index < -0.39 is 40.2 Å². The van der Waals surface area contributed by atoms with Gasteiger partial charge in [-0.2, -0.15) is 5.10 Å². The Morgan fingerprint density at radius 1 is 1.00 bits per heavy atom. The molecule has 0 fully saturated rings. The van der Waals surface area contributed by atoms with Crippen LogP contribution in [0.3, 0.4) is 0 Å². The van der Waals surface area contributed by atoms with Crippen molar-refractivity contribution in [1.82, 2.24) is 9.78 Å². The summed E-state index contributed by atoms with van der Waals surface area (Å²) in [5, 5.41) is 5.86. The first kappa shape index (κ1) is 17.4. The van der Waals surface area contributed by atoms with Crippen molar-refractivity contribution in [2.24, 2.45) is 0 Å². The van der Waals surface area contributed by atoms with Crippen LogP contribution in [0.5, 0.6) is 0 Å². The number of anilines is 1. The van der Waals surface area contributed by atoms with Gasteiger partial charge < -0.3 is 5.32 Å². The van der Waals surface area contributed by atoms with E-state index in [1.165, 1.54) is 25.1 Å². The van der Waals surface area contributed by atoms with Crippen LogP contribution in [0.2, 0.25) is 0 Å². The number of nitrogens with one attached hydrogen (secondary N) is 1. The third-order valence-corrected chi connectivity index (χ3v) is 3.60. The van der Waals surface area contributed by atoms with Gasteiger partial charge in [-0.05, 0) is 31.2 Å². The van der Waals surface area contributed by atoms with E-state index in [4.69, 9.17) is 0 Å². The van der Waals surface area contributed by atoms with Crippen LogP contribution in [0.15, 0.2) is 53.3 Å². The number of aromatic nitrogens is 2. The summed E-state index contributed by atoms with van der Waals surface area (Å²) in [5.41, 5.74) is -1.77. The van der Waals surface area contributed by atoms with Crippen LogP contribution in [-0.4, -0.2) is 15.7 Å². The molecule has 3 aromatic rings. The number of aryl methyl sites for hydroxylation is 1. The second-order valence-corrected chi connectivity index (χ2v) is 5.41. The van der Waals surface area contributed by atoms with Crippen molar-refractivity contribution in [3.63, 3.8) is 0 Å². The molecule has 0 radical (unpaired) electrons. The minimum Gasteiger partial charge on any atom is -0.316 e. The summed E-state index contributed by atoms with van der Waals surface area (Å²) >= 11 is 0. The minimum absolute atomic E-state index is 0.0242. The zero-order valence-electron chi connectivity index (χ0n) is 13.5. The molecule has 0 saturated carbocycles. The number of carbonyl (C=O) groups excluding carboxylic acids is 1. The van der Waals surface area contributed by atoms with Crippen molar-refractivity contribution in [2.45, 2.75) is 6.92 Å². The number of para-hydroxylation sites is 2. The molecular weight excluding hydrogens is 347 g/mol. The highest BCUT2D eigenvalue weighted by molar-refractivity contribution is 6.02. The Morgan fingerprint density at radius 2 is 1.62 bits per heavy atom. The van der Waals surface area contributed by atoms with E-state index >= 15 is 0 Å². The van der Waals surface area contributed by atoms with E-state index in [0.29, 0.717) is 0 Å². The smallest absolute Gasteiger partial charge is 0.280 e. The lowest BCUT2D eigenvalue weighted by atomic mass is 10.2. The highest BCUT2D eigenvalue weighted by Crippen LogP contribution is 2.19. The maximum atomic E-state index is 14.0. The van der Waals surface area contributed by atoms with Gasteiger partial charge in [0.15, 0.2) is 5.69 Å². The minimum atomic E-state index is -1.11. The molecule has 132 valence electrons. The molecular formula is C18H12F3N3O2. The van der Waals surface area contributed by atoms with Gasteiger partial charge in [-0.25, -0.2) is 17.9 Å². The molecule has 1 N–H and O–H groups in total. The maximum Gasteiger partial charge on any atom is 0.280 e. The summed E-state index contributed by atoms with van der Waals surface area (Å²) in [4.78, 5) is 24.4. The van der Waals surface area contributed by atoms with Crippen molar-refractivity contribution in [3.8, 4) is 5.69 Å². The summed E-state index contributed by atoms with van der Waals surface area (Å²) in [6.45, 7) is 1.51. The normalized spacial score (nSPS) is 10.6. The molecule has 1 amide bonds. The van der Waals surface area contributed by atoms with E-state index in [1.54, 1.807) is 6.07 Å². The molecule has 2 aromatic carbocycles. The molecule has 26 heavy (non-hydrogen) atoms. The fraction of sp³-hybridized carbons (Fsp3) is 0.0556. The summed E-state index contributed by atoms with van der Waals surface area (Å²) in [5.74, 6) is -3.72. The van der Waals surface area contributed by atoms with Gasteiger partial charge in [-0.3, -0.25) is 9.59 Å². The number of nitrogens with zero attached hydrogens (tertiary/aromatic N) is 2. The highest BCUT2D eigenvalue weighted by Gasteiger charge is 2.19. The first-order valence-corrected chi connectivity index (χ1v) is 7.49. The SMILES string of the molecule is Cc1cc(=O)c(C(=O)Nc2c(F)cccc2F)nn1-c1ccccc1F. The predicted molar refractivity (Wildman–Crippen MR) is 88.8 cm³/mol. The average molecular weight is 359 g/mol. The fourth-order valence-electron chi connectivity index (χ4n) is 2.36. The molecule has 0 aliphatic heterocycles. The van der Waals surface area contributed by atoms with Crippen molar-refractivity contribution < 1.29 is 18.0 Å². The Balaban J connectivity index is 2.06. The van der Waals surface area contributed by atoms with Crippen molar-refractivity contribution in [3.05, 3.63) is 87.6 Å². The number of hydrogen-bond acceptors (Lipinski definition) is 3. The summed E-state index contributed by atoms with van der Waals surface area (Å²) in [7, 11) is 0. The van der Waals surface area contributed by atoms with E-state index in [1.807, 2.05) is 5.32 Å². The summed E-state index contributed by atoms with van der Waals surface area (Å²) in [6, 6.07) is 9.79. The largest absolute Gasteiger partial charge is 0.316 e. The van der Waals surface area contributed by atoms with Crippen molar-refractivity contribution in [2.75, 3.05) is 5.32 Å². The predicted octanol–water partition coefficient (Wildman–Crippen LogP) is 3.21. The molecule has 0 spiro atoms.